The molecule has 0 saturated carbocycles. The van der Waals surface area contributed by atoms with Crippen LogP contribution in [0.4, 0.5) is 0 Å². The second-order valence-electron chi connectivity index (χ2n) is 5.46. The molecule has 1 atom stereocenters. The fraction of sp³-hybridized carbons (Fsp3) is 0.600. The molecule has 1 nitrogen and oxygen atoms in total. The molecule has 0 bridgehead atoms. The Labute approximate surface area is 113 Å². The zero-order valence-corrected chi connectivity index (χ0v) is 12.4. The highest BCUT2D eigenvalue weighted by atomic mass is 79.9. The van der Waals surface area contributed by atoms with Gasteiger partial charge in [0.15, 0.2) is 0 Å². The summed E-state index contributed by atoms with van der Waals surface area (Å²) in [6.07, 6.45) is 6.45. The van der Waals surface area contributed by atoms with E-state index in [0.717, 1.165) is 6.54 Å². The molecule has 0 unspecified atom stereocenters. The molecule has 2 heteroatoms. The zero-order chi connectivity index (χ0) is 12.3. The van der Waals surface area contributed by atoms with Gasteiger partial charge < -0.3 is 5.32 Å². The summed E-state index contributed by atoms with van der Waals surface area (Å²) in [7, 11) is 0. The summed E-state index contributed by atoms with van der Waals surface area (Å²) in [6, 6.07) is 6.68. The Balaban J connectivity index is 2.04. The minimum absolute atomic E-state index is 0.302. The van der Waals surface area contributed by atoms with Crippen molar-refractivity contribution < 1.29 is 0 Å². The van der Waals surface area contributed by atoms with E-state index in [1.54, 1.807) is 0 Å². The number of fused-ring (bicyclic) bond motifs is 1. The van der Waals surface area contributed by atoms with Gasteiger partial charge in [0.25, 0.3) is 0 Å². The Kier molecular flexibility index (Phi) is 4.26. The van der Waals surface area contributed by atoms with Crippen molar-refractivity contribution in [3.63, 3.8) is 0 Å². The second-order valence-corrected chi connectivity index (χ2v) is 6.38. The first-order valence-corrected chi connectivity index (χ1v) is 7.44. The van der Waals surface area contributed by atoms with Crippen LogP contribution in [0.1, 0.15) is 50.7 Å². The zero-order valence-electron chi connectivity index (χ0n) is 10.9. The van der Waals surface area contributed by atoms with Gasteiger partial charge in [-0.2, -0.15) is 0 Å². The summed E-state index contributed by atoms with van der Waals surface area (Å²) in [5, 5.41) is 3.72. The van der Waals surface area contributed by atoms with Crippen molar-refractivity contribution in [2.75, 3.05) is 0 Å². The molecule has 1 heterocycles. The Morgan fingerprint density at radius 1 is 1.29 bits per heavy atom. The molecule has 2 rings (SSSR count). The number of rotatable bonds is 4. The summed E-state index contributed by atoms with van der Waals surface area (Å²) < 4.78 is 1.19. The van der Waals surface area contributed by atoms with Gasteiger partial charge in [-0.25, -0.2) is 0 Å². The van der Waals surface area contributed by atoms with Crippen LogP contribution in [0.25, 0.3) is 0 Å². The fourth-order valence-electron chi connectivity index (χ4n) is 2.66. The first-order chi connectivity index (χ1) is 8.13. The van der Waals surface area contributed by atoms with Crippen LogP contribution in [0.15, 0.2) is 22.7 Å². The van der Waals surface area contributed by atoms with Crippen molar-refractivity contribution in [1.82, 2.24) is 5.32 Å². The van der Waals surface area contributed by atoms with Crippen molar-refractivity contribution in [2.45, 2.75) is 58.0 Å². The normalized spacial score (nSPS) is 23.5. The molecule has 0 saturated heterocycles. The summed E-state index contributed by atoms with van der Waals surface area (Å²) in [5.41, 5.74) is 3.27. The van der Waals surface area contributed by atoms with Gasteiger partial charge in [0, 0.05) is 16.6 Å². The van der Waals surface area contributed by atoms with Crippen LogP contribution < -0.4 is 5.32 Å². The van der Waals surface area contributed by atoms with Gasteiger partial charge in [-0.3, -0.25) is 0 Å². The quantitative estimate of drug-likeness (QED) is 0.810. The molecule has 0 aromatic heterocycles. The van der Waals surface area contributed by atoms with E-state index in [2.05, 4.69) is 53.3 Å². The maximum atomic E-state index is 3.72. The van der Waals surface area contributed by atoms with Crippen molar-refractivity contribution in [2.24, 2.45) is 0 Å². The third-order valence-electron chi connectivity index (χ3n) is 3.79. The van der Waals surface area contributed by atoms with Gasteiger partial charge in [-0.1, -0.05) is 48.2 Å². The van der Waals surface area contributed by atoms with Crippen LogP contribution in [0.5, 0.6) is 0 Å². The summed E-state index contributed by atoms with van der Waals surface area (Å²) in [5.74, 6) is 0. The lowest BCUT2D eigenvalue weighted by molar-refractivity contribution is 0.298. The molecule has 1 N–H and O–H groups in total. The third-order valence-corrected chi connectivity index (χ3v) is 4.28. The van der Waals surface area contributed by atoms with Crippen molar-refractivity contribution in [3.8, 4) is 0 Å². The number of halogens is 1. The highest BCUT2D eigenvalue weighted by molar-refractivity contribution is 9.10. The standard InChI is InChI=1S/C15H22BrN/c1-3-4-5-8-15(2)10-12-6-7-14(16)9-13(12)11-17-15/h6-7,9,17H,3-5,8,10-11H2,1-2H3/t15-/m1/s1. The topological polar surface area (TPSA) is 12.0 Å². The molecule has 0 fully saturated rings. The van der Waals surface area contributed by atoms with Crippen LogP contribution in [-0.4, -0.2) is 5.54 Å². The molecule has 17 heavy (non-hydrogen) atoms. The lowest BCUT2D eigenvalue weighted by Gasteiger charge is -2.36. The molecular formula is C15H22BrN. The predicted molar refractivity (Wildman–Crippen MR) is 77.2 cm³/mol. The van der Waals surface area contributed by atoms with E-state index in [-0.39, 0.29) is 0 Å². The van der Waals surface area contributed by atoms with E-state index in [9.17, 15) is 0 Å². The maximum Gasteiger partial charge on any atom is 0.0213 e. The fourth-order valence-corrected chi connectivity index (χ4v) is 3.07. The molecule has 94 valence electrons. The average molecular weight is 296 g/mol. The number of benzene rings is 1. The largest absolute Gasteiger partial charge is 0.307 e. The van der Waals surface area contributed by atoms with Crippen molar-refractivity contribution >= 4 is 15.9 Å². The molecule has 1 aromatic carbocycles. The Hall–Kier alpha value is -0.340. The molecule has 1 aromatic rings. The maximum absolute atomic E-state index is 3.72. The number of hydrogen-bond donors (Lipinski definition) is 1. The number of unbranched alkanes of at least 4 members (excludes halogenated alkanes) is 2. The van der Waals surface area contributed by atoms with E-state index in [4.69, 9.17) is 0 Å². The predicted octanol–water partition coefficient (Wildman–Crippen LogP) is 4.43. The van der Waals surface area contributed by atoms with E-state index in [1.807, 2.05) is 0 Å². The van der Waals surface area contributed by atoms with Gasteiger partial charge in [0.05, 0.1) is 0 Å². The molecule has 0 radical (unpaired) electrons. The molecule has 1 aliphatic heterocycles. The molecule has 1 aliphatic rings. The van der Waals surface area contributed by atoms with E-state index in [0.29, 0.717) is 5.54 Å². The Bertz CT molecular complexity index is 389. The summed E-state index contributed by atoms with van der Waals surface area (Å²) in [6.45, 7) is 5.65. The van der Waals surface area contributed by atoms with Crippen LogP contribution in [0, 0.1) is 0 Å². The Morgan fingerprint density at radius 2 is 2.12 bits per heavy atom. The van der Waals surface area contributed by atoms with Gasteiger partial charge in [0.2, 0.25) is 0 Å². The SMILES string of the molecule is CCCCC[C@]1(C)Cc2ccc(Br)cc2CN1. The van der Waals surface area contributed by atoms with Gasteiger partial charge in [0.1, 0.15) is 0 Å². The first-order valence-electron chi connectivity index (χ1n) is 6.65. The molecular weight excluding hydrogens is 274 g/mol. The number of nitrogens with one attached hydrogen (secondary N) is 1. The smallest absolute Gasteiger partial charge is 0.0213 e. The lowest BCUT2D eigenvalue weighted by Crippen LogP contribution is -2.47. The highest BCUT2D eigenvalue weighted by Gasteiger charge is 2.28. The molecule has 0 amide bonds. The van der Waals surface area contributed by atoms with E-state index in [1.165, 1.54) is 47.7 Å². The lowest BCUT2D eigenvalue weighted by atomic mass is 9.82. The third kappa shape index (κ3) is 3.32. The van der Waals surface area contributed by atoms with Crippen LogP contribution >= 0.6 is 15.9 Å². The van der Waals surface area contributed by atoms with Gasteiger partial charge >= 0.3 is 0 Å². The minimum atomic E-state index is 0.302. The monoisotopic (exact) mass is 295 g/mol. The van der Waals surface area contributed by atoms with E-state index < -0.39 is 0 Å². The van der Waals surface area contributed by atoms with Crippen molar-refractivity contribution in [1.29, 1.82) is 0 Å². The highest BCUT2D eigenvalue weighted by Crippen LogP contribution is 2.29. The van der Waals surface area contributed by atoms with Crippen molar-refractivity contribution in [3.05, 3.63) is 33.8 Å². The van der Waals surface area contributed by atoms with Crippen LogP contribution in [0.2, 0.25) is 0 Å². The van der Waals surface area contributed by atoms with Crippen LogP contribution in [0.3, 0.4) is 0 Å². The first kappa shape index (κ1) is 13.1. The van der Waals surface area contributed by atoms with E-state index >= 15 is 0 Å². The number of hydrogen-bond acceptors (Lipinski definition) is 1. The summed E-state index contributed by atoms with van der Waals surface area (Å²) in [4.78, 5) is 0. The molecule has 0 spiro atoms. The van der Waals surface area contributed by atoms with Gasteiger partial charge in [-0.15, -0.1) is 0 Å². The van der Waals surface area contributed by atoms with Gasteiger partial charge in [-0.05, 0) is 43.0 Å². The minimum Gasteiger partial charge on any atom is -0.307 e. The van der Waals surface area contributed by atoms with Crippen LogP contribution in [-0.2, 0) is 13.0 Å². The summed E-state index contributed by atoms with van der Waals surface area (Å²) >= 11 is 3.54. The average Bonchev–Trinajstić information content (AvgIpc) is 2.30. The second kappa shape index (κ2) is 5.53. The molecule has 0 aliphatic carbocycles. The Morgan fingerprint density at radius 3 is 2.88 bits per heavy atom.